The van der Waals surface area contributed by atoms with E-state index < -0.39 is 79.8 Å². The monoisotopic (exact) mass is 415 g/mol. The predicted molar refractivity (Wildman–Crippen MR) is 82.4 cm³/mol. The van der Waals surface area contributed by atoms with Gasteiger partial charge in [-0.15, -0.1) is 0 Å². The molecule has 10 unspecified atom stereocenters. The Kier molecular flexibility index (Phi) is 6.66. The molecule has 1 amide bonds. The van der Waals surface area contributed by atoms with Crippen LogP contribution >= 0.6 is 0 Å². The van der Waals surface area contributed by atoms with Crippen molar-refractivity contribution in [1.29, 1.82) is 0 Å². The average Bonchev–Trinajstić information content (AvgIpc) is 2.64. The molecule has 28 heavy (non-hydrogen) atoms. The molecule has 10 N–H and O–H groups in total. The second kappa shape index (κ2) is 8.02. The Labute approximate surface area is 158 Å². The number of hydrogen-bond donors (Lipinski definition) is 10. The van der Waals surface area contributed by atoms with Crippen molar-refractivity contribution in [2.75, 3.05) is 13.2 Å². The van der Waals surface area contributed by atoms with Gasteiger partial charge in [0.05, 0.1) is 13.2 Å². The maximum absolute atomic E-state index is 12.2. The zero-order valence-electron chi connectivity index (χ0n) is 14.7. The average molecular weight is 415 g/mol. The molecule has 0 radical (unpaired) electrons. The first kappa shape index (κ1) is 23.3. The number of rotatable bonds is 4. The highest BCUT2D eigenvalue weighted by atomic mass is 16.7. The van der Waals surface area contributed by atoms with Gasteiger partial charge in [0.15, 0.2) is 12.2 Å². The number of amides is 1. The highest BCUT2D eigenvalue weighted by Crippen LogP contribution is 2.40. The molecule has 0 aromatic rings. The molecule has 14 nitrogen and oxygen atoms in total. The molecule has 0 aliphatic carbocycles. The van der Waals surface area contributed by atoms with Crippen molar-refractivity contribution in [3.05, 3.63) is 0 Å². The van der Waals surface area contributed by atoms with Gasteiger partial charge in [-0.05, 0) is 0 Å². The maximum atomic E-state index is 12.2. The van der Waals surface area contributed by atoms with Crippen molar-refractivity contribution >= 4 is 5.91 Å². The Balaban J connectivity index is 2.55. The lowest BCUT2D eigenvalue weighted by Crippen LogP contribution is -2.81. The number of carbonyl (C=O) groups excluding carboxylic acids is 1. The van der Waals surface area contributed by atoms with Gasteiger partial charge < -0.3 is 60.5 Å². The molecule has 0 aromatic carbocycles. The van der Waals surface area contributed by atoms with Gasteiger partial charge in [-0.1, -0.05) is 0 Å². The first-order valence-corrected chi connectivity index (χ1v) is 8.28. The molecule has 0 aromatic heterocycles. The van der Waals surface area contributed by atoms with E-state index in [1.165, 1.54) is 0 Å². The fourth-order valence-corrected chi connectivity index (χ4v) is 3.32. The zero-order valence-corrected chi connectivity index (χ0v) is 14.7. The Morgan fingerprint density at radius 2 is 1.11 bits per heavy atom. The van der Waals surface area contributed by atoms with E-state index in [-0.39, 0.29) is 4.90 Å². The van der Waals surface area contributed by atoms with E-state index in [4.69, 9.17) is 9.47 Å². The number of carbonyl (C=O) groups is 1. The number of aliphatic hydroxyl groups excluding tert-OH is 8. The summed E-state index contributed by atoms with van der Waals surface area (Å²) in [5.41, 5.74) is 0. The van der Waals surface area contributed by atoms with Gasteiger partial charge in [0.25, 0.3) is 11.8 Å². The van der Waals surface area contributed by atoms with Crippen LogP contribution in [0.2, 0.25) is 0 Å². The SMILES string of the molecule is CC(=O)N(C1(O)OC(CO)C(O)C(O)C1O)C1(O)OC(CO)C(O)C(O)C1O. The molecule has 164 valence electrons. The van der Waals surface area contributed by atoms with Crippen LogP contribution < -0.4 is 0 Å². The Bertz CT molecular complexity index is 533. The Hall–Kier alpha value is -1.01. The minimum Gasteiger partial charge on any atom is -0.394 e. The zero-order chi connectivity index (χ0) is 21.6. The lowest BCUT2D eigenvalue weighted by molar-refractivity contribution is -0.479. The van der Waals surface area contributed by atoms with Crippen LogP contribution in [-0.2, 0) is 14.3 Å². The molecule has 14 heteroatoms. The molecule has 10 atom stereocenters. The second-order valence-electron chi connectivity index (χ2n) is 6.70. The van der Waals surface area contributed by atoms with Crippen molar-refractivity contribution in [3.8, 4) is 0 Å². The molecule has 2 rings (SSSR count). The third kappa shape index (κ3) is 3.41. The lowest BCUT2D eigenvalue weighted by Gasteiger charge is -2.56. The fraction of sp³-hybridized carbons (Fsp3) is 0.929. The summed E-state index contributed by atoms with van der Waals surface area (Å²) in [6.45, 7) is -1.28. The van der Waals surface area contributed by atoms with E-state index >= 15 is 0 Å². The number of aliphatic hydroxyl groups is 10. The van der Waals surface area contributed by atoms with Crippen molar-refractivity contribution < 1.29 is 65.3 Å². The topological polar surface area (TPSA) is 241 Å². The van der Waals surface area contributed by atoms with Crippen molar-refractivity contribution in [1.82, 2.24) is 4.90 Å². The van der Waals surface area contributed by atoms with Crippen LogP contribution in [0.1, 0.15) is 6.92 Å². The first-order valence-electron chi connectivity index (χ1n) is 8.28. The highest BCUT2D eigenvalue weighted by molar-refractivity contribution is 5.74. The summed E-state index contributed by atoms with van der Waals surface area (Å²) in [5.74, 6) is -8.09. The summed E-state index contributed by atoms with van der Waals surface area (Å²) < 4.78 is 9.86. The van der Waals surface area contributed by atoms with Crippen LogP contribution in [0.4, 0.5) is 0 Å². The van der Waals surface area contributed by atoms with Crippen molar-refractivity contribution in [3.63, 3.8) is 0 Å². The summed E-state index contributed by atoms with van der Waals surface area (Å²) >= 11 is 0. The van der Waals surface area contributed by atoms with Crippen molar-refractivity contribution in [2.45, 2.75) is 67.6 Å². The van der Waals surface area contributed by atoms with Gasteiger partial charge >= 0.3 is 0 Å². The van der Waals surface area contributed by atoms with Crippen LogP contribution in [-0.4, -0.2) is 136 Å². The van der Waals surface area contributed by atoms with Gasteiger partial charge in [0, 0.05) is 6.92 Å². The molecule has 2 saturated heterocycles. The first-order chi connectivity index (χ1) is 12.9. The van der Waals surface area contributed by atoms with Gasteiger partial charge in [0.2, 0.25) is 5.91 Å². The number of hydrogen-bond acceptors (Lipinski definition) is 13. The fourth-order valence-electron chi connectivity index (χ4n) is 3.32. The molecule has 2 fully saturated rings. The number of ether oxygens (including phenoxy) is 2. The molecule has 2 aliphatic rings. The van der Waals surface area contributed by atoms with Gasteiger partial charge in [0.1, 0.15) is 36.6 Å². The van der Waals surface area contributed by atoms with E-state index in [0.717, 1.165) is 6.92 Å². The largest absolute Gasteiger partial charge is 0.394 e. The van der Waals surface area contributed by atoms with Crippen LogP contribution in [0.3, 0.4) is 0 Å². The van der Waals surface area contributed by atoms with E-state index in [0.29, 0.717) is 0 Å². The van der Waals surface area contributed by atoms with Crippen LogP contribution in [0.15, 0.2) is 0 Å². The Morgan fingerprint density at radius 1 is 0.786 bits per heavy atom. The quantitative estimate of drug-likeness (QED) is 0.192. The molecular formula is C14H25NO13. The summed E-state index contributed by atoms with van der Waals surface area (Å²) in [4.78, 5) is 12.0. The summed E-state index contributed by atoms with van der Waals surface area (Å²) in [6, 6.07) is 0. The predicted octanol–water partition coefficient (Wildman–Crippen LogP) is -6.93. The molecule has 0 saturated carbocycles. The smallest absolute Gasteiger partial charge is 0.286 e. The maximum Gasteiger partial charge on any atom is 0.286 e. The standard InChI is InChI=1S/C14H25NO13/c1-4(18)15(13(25)11(23)9(21)7(19)5(2-16)27-13)14(26)12(24)10(22)8(20)6(3-17)28-14/h5-12,16-17,19-26H,2-3H2,1H3. The van der Waals surface area contributed by atoms with E-state index in [1.807, 2.05) is 0 Å². The third-order valence-electron chi connectivity index (χ3n) is 4.84. The normalized spacial score (nSPS) is 49.7. The molecule has 2 aliphatic heterocycles. The molecule has 2 heterocycles. The lowest BCUT2D eigenvalue weighted by atomic mass is 9.92. The van der Waals surface area contributed by atoms with E-state index in [9.17, 15) is 55.9 Å². The van der Waals surface area contributed by atoms with E-state index in [1.54, 1.807) is 0 Å². The highest BCUT2D eigenvalue weighted by Gasteiger charge is 2.67. The summed E-state index contributed by atoms with van der Waals surface area (Å²) in [6.07, 6.45) is -16.7. The molecule has 0 spiro atoms. The molecule has 0 bridgehead atoms. The van der Waals surface area contributed by atoms with Crippen LogP contribution in [0, 0.1) is 0 Å². The van der Waals surface area contributed by atoms with Gasteiger partial charge in [-0.3, -0.25) is 4.79 Å². The third-order valence-corrected chi connectivity index (χ3v) is 4.84. The van der Waals surface area contributed by atoms with Crippen LogP contribution in [0.25, 0.3) is 0 Å². The van der Waals surface area contributed by atoms with Gasteiger partial charge in [-0.2, -0.15) is 0 Å². The van der Waals surface area contributed by atoms with E-state index in [2.05, 4.69) is 0 Å². The number of nitrogens with zero attached hydrogens (tertiary/aromatic N) is 1. The minimum atomic E-state index is -3.38. The summed E-state index contributed by atoms with van der Waals surface area (Å²) in [7, 11) is 0. The molecular weight excluding hydrogens is 390 g/mol. The van der Waals surface area contributed by atoms with Crippen LogP contribution in [0.5, 0.6) is 0 Å². The van der Waals surface area contributed by atoms with Crippen molar-refractivity contribution in [2.24, 2.45) is 0 Å². The minimum absolute atomic E-state index is 0.176. The summed E-state index contributed by atoms with van der Waals surface area (Å²) in [5, 5.41) is 100.0. The Morgan fingerprint density at radius 3 is 1.36 bits per heavy atom. The van der Waals surface area contributed by atoms with Gasteiger partial charge in [-0.25, -0.2) is 4.90 Å². The second-order valence-corrected chi connectivity index (χ2v) is 6.70.